The topological polar surface area (TPSA) is 20.2 Å². The van der Waals surface area contributed by atoms with Crippen LogP contribution in [0.3, 0.4) is 0 Å². The molecule has 1 nitrogen and oxygen atoms in total. The van der Waals surface area contributed by atoms with E-state index < -0.39 is 12.0 Å². The van der Waals surface area contributed by atoms with Gasteiger partial charge in [-0.25, -0.2) is 8.78 Å². The van der Waals surface area contributed by atoms with E-state index in [1.54, 1.807) is 0 Å². The molecule has 1 saturated carbocycles. The van der Waals surface area contributed by atoms with Gasteiger partial charge in [-0.05, 0) is 12.8 Å². The first-order valence-corrected chi connectivity index (χ1v) is 2.69. The van der Waals surface area contributed by atoms with Gasteiger partial charge in [-0.15, -0.1) is 0 Å². The molecule has 0 unspecified atom stereocenters. The van der Waals surface area contributed by atoms with E-state index >= 15 is 0 Å². The molecule has 1 atom stereocenters. The molecule has 0 aliphatic heterocycles. The second-order valence-corrected chi connectivity index (χ2v) is 2.17. The standard InChI is InChI=1S/C5H8F2O/c6-5(7)3-1-2-4(5)8/h4,8H,1-3H2/t4-/m0/s1. The van der Waals surface area contributed by atoms with E-state index in [4.69, 9.17) is 5.11 Å². The summed E-state index contributed by atoms with van der Waals surface area (Å²) in [5.74, 6) is -2.79. The van der Waals surface area contributed by atoms with Gasteiger partial charge in [0.25, 0.3) is 5.92 Å². The molecular weight excluding hydrogens is 114 g/mol. The van der Waals surface area contributed by atoms with Crippen LogP contribution in [0, 0.1) is 0 Å². The predicted octanol–water partition coefficient (Wildman–Crippen LogP) is 1.17. The van der Waals surface area contributed by atoms with E-state index in [0.717, 1.165) is 0 Å². The summed E-state index contributed by atoms with van der Waals surface area (Å²) >= 11 is 0. The first-order valence-electron chi connectivity index (χ1n) is 2.69. The van der Waals surface area contributed by atoms with E-state index in [-0.39, 0.29) is 12.8 Å². The van der Waals surface area contributed by atoms with Crippen LogP contribution in [0.25, 0.3) is 0 Å². The zero-order valence-corrected chi connectivity index (χ0v) is 4.40. The molecule has 0 bridgehead atoms. The normalized spacial score (nSPS) is 35.6. The molecule has 0 aromatic carbocycles. The van der Waals surface area contributed by atoms with Crippen LogP contribution >= 0.6 is 0 Å². The summed E-state index contributed by atoms with van der Waals surface area (Å²) in [6, 6.07) is 0. The number of hydrogen-bond acceptors (Lipinski definition) is 1. The maximum Gasteiger partial charge on any atom is 0.273 e. The SMILES string of the molecule is O[C@H]1CCCC1(F)F. The first-order chi connectivity index (χ1) is 3.63. The Kier molecular flexibility index (Phi) is 1.23. The lowest BCUT2D eigenvalue weighted by molar-refractivity contribution is -0.0852. The van der Waals surface area contributed by atoms with Gasteiger partial charge in [-0.2, -0.15) is 0 Å². The average molecular weight is 122 g/mol. The highest BCUT2D eigenvalue weighted by Crippen LogP contribution is 2.34. The molecule has 0 heterocycles. The minimum atomic E-state index is -2.79. The third kappa shape index (κ3) is 0.823. The summed E-state index contributed by atoms with van der Waals surface area (Å²) in [5.41, 5.74) is 0. The Morgan fingerprint density at radius 2 is 2.12 bits per heavy atom. The largest absolute Gasteiger partial charge is 0.387 e. The summed E-state index contributed by atoms with van der Waals surface area (Å²) in [7, 11) is 0. The lowest BCUT2D eigenvalue weighted by atomic mass is 10.2. The van der Waals surface area contributed by atoms with Crippen molar-refractivity contribution < 1.29 is 13.9 Å². The molecule has 1 fully saturated rings. The van der Waals surface area contributed by atoms with Crippen LogP contribution in [0.5, 0.6) is 0 Å². The molecule has 1 rings (SSSR count). The van der Waals surface area contributed by atoms with Gasteiger partial charge in [0.2, 0.25) is 0 Å². The maximum absolute atomic E-state index is 12.1. The Labute approximate surface area is 46.3 Å². The van der Waals surface area contributed by atoms with Crippen molar-refractivity contribution in [1.29, 1.82) is 0 Å². The molecule has 48 valence electrons. The maximum atomic E-state index is 12.1. The van der Waals surface area contributed by atoms with Gasteiger partial charge < -0.3 is 5.11 Å². The number of aliphatic hydroxyl groups excluding tert-OH is 1. The Morgan fingerprint density at radius 1 is 1.50 bits per heavy atom. The van der Waals surface area contributed by atoms with Gasteiger partial charge in [-0.1, -0.05) is 0 Å². The molecule has 1 aliphatic carbocycles. The number of rotatable bonds is 0. The second kappa shape index (κ2) is 1.65. The number of hydrogen-bond donors (Lipinski definition) is 1. The molecule has 0 radical (unpaired) electrons. The van der Waals surface area contributed by atoms with Crippen molar-refractivity contribution in [3.63, 3.8) is 0 Å². The number of halogens is 2. The van der Waals surface area contributed by atoms with Crippen LogP contribution in [0.2, 0.25) is 0 Å². The summed E-state index contributed by atoms with van der Waals surface area (Å²) in [4.78, 5) is 0. The minimum absolute atomic E-state index is 0.145. The highest BCUT2D eigenvalue weighted by molar-refractivity contribution is 4.82. The van der Waals surface area contributed by atoms with Crippen LogP contribution in [-0.4, -0.2) is 17.1 Å². The van der Waals surface area contributed by atoms with Gasteiger partial charge in [0.1, 0.15) is 6.10 Å². The molecule has 1 aliphatic rings. The zero-order valence-electron chi connectivity index (χ0n) is 4.40. The molecule has 0 saturated heterocycles. The van der Waals surface area contributed by atoms with E-state index in [1.165, 1.54) is 0 Å². The average Bonchev–Trinajstić information content (AvgIpc) is 1.86. The van der Waals surface area contributed by atoms with Gasteiger partial charge in [0.15, 0.2) is 0 Å². The van der Waals surface area contributed by atoms with Crippen LogP contribution in [0.4, 0.5) is 8.78 Å². The van der Waals surface area contributed by atoms with E-state index in [9.17, 15) is 8.78 Å². The fourth-order valence-corrected chi connectivity index (χ4v) is 0.909. The first kappa shape index (κ1) is 5.95. The molecule has 0 spiro atoms. The molecule has 0 aromatic rings. The van der Waals surface area contributed by atoms with Crippen LogP contribution in [0.1, 0.15) is 19.3 Å². The summed E-state index contributed by atoms with van der Waals surface area (Å²) in [6.45, 7) is 0. The molecule has 0 aromatic heterocycles. The fourth-order valence-electron chi connectivity index (χ4n) is 0.909. The van der Waals surface area contributed by atoms with E-state index in [2.05, 4.69) is 0 Å². The summed E-state index contributed by atoms with van der Waals surface area (Å²) < 4.78 is 24.2. The number of alkyl halides is 2. The van der Waals surface area contributed by atoms with Crippen molar-refractivity contribution >= 4 is 0 Å². The van der Waals surface area contributed by atoms with Crippen LogP contribution in [-0.2, 0) is 0 Å². The Morgan fingerprint density at radius 3 is 2.25 bits per heavy atom. The van der Waals surface area contributed by atoms with Gasteiger partial charge >= 0.3 is 0 Å². The lowest BCUT2D eigenvalue weighted by Gasteiger charge is -2.11. The monoisotopic (exact) mass is 122 g/mol. The second-order valence-electron chi connectivity index (χ2n) is 2.17. The fraction of sp³-hybridized carbons (Fsp3) is 1.00. The van der Waals surface area contributed by atoms with Crippen LogP contribution < -0.4 is 0 Å². The van der Waals surface area contributed by atoms with Crippen molar-refractivity contribution in [2.75, 3.05) is 0 Å². The van der Waals surface area contributed by atoms with Crippen LogP contribution in [0.15, 0.2) is 0 Å². The van der Waals surface area contributed by atoms with Crippen molar-refractivity contribution in [1.82, 2.24) is 0 Å². The molecule has 0 amide bonds. The Hall–Kier alpha value is -0.180. The smallest absolute Gasteiger partial charge is 0.273 e. The predicted molar refractivity (Wildman–Crippen MR) is 24.8 cm³/mol. The molecule has 1 N–H and O–H groups in total. The highest BCUT2D eigenvalue weighted by Gasteiger charge is 2.42. The lowest BCUT2D eigenvalue weighted by Crippen LogP contribution is -2.26. The highest BCUT2D eigenvalue weighted by atomic mass is 19.3. The van der Waals surface area contributed by atoms with E-state index in [0.29, 0.717) is 6.42 Å². The van der Waals surface area contributed by atoms with E-state index in [1.807, 2.05) is 0 Å². The molecular formula is C5H8F2O. The Bertz CT molecular complexity index is 92.4. The molecule has 3 heteroatoms. The third-order valence-corrected chi connectivity index (χ3v) is 1.48. The van der Waals surface area contributed by atoms with Crippen molar-refractivity contribution in [3.8, 4) is 0 Å². The quantitative estimate of drug-likeness (QED) is 0.511. The third-order valence-electron chi connectivity index (χ3n) is 1.48. The van der Waals surface area contributed by atoms with Crippen molar-refractivity contribution in [2.24, 2.45) is 0 Å². The van der Waals surface area contributed by atoms with Gasteiger partial charge in [-0.3, -0.25) is 0 Å². The minimum Gasteiger partial charge on any atom is -0.387 e. The van der Waals surface area contributed by atoms with Crippen molar-refractivity contribution in [3.05, 3.63) is 0 Å². The zero-order chi connectivity index (χ0) is 6.20. The van der Waals surface area contributed by atoms with Crippen molar-refractivity contribution in [2.45, 2.75) is 31.3 Å². The summed E-state index contributed by atoms with van der Waals surface area (Å²) in [6.07, 6.45) is -0.808. The van der Waals surface area contributed by atoms with Gasteiger partial charge in [0.05, 0.1) is 0 Å². The molecule has 8 heavy (non-hydrogen) atoms. The number of aliphatic hydroxyl groups is 1. The van der Waals surface area contributed by atoms with Gasteiger partial charge in [0, 0.05) is 6.42 Å². The summed E-state index contributed by atoms with van der Waals surface area (Å²) in [5, 5.41) is 8.51. The Balaban J connectivity index is 2.54.